The van der Waals surface area contributed by atoms with E-state index in [-0.39, 0.29) is 5.91 Å². The van der Waals surface area contributed by atoms with E-state index in [9.17, 15) is 4.79 Å². The normalized spacial score (nSPS) is 17.8. The van der Waals surface area contributed by atoms with Crippen molar-refractivity contribution in [3.63, 3.8) is 0 Å². The van der Waals surface area contributed by atoms with Crippen LogP contribution in [0.25, 0.3) is 0 Å². The molecule has 0 saturated heterocycles. The number of amides is 1. The van der Waals surface area contributed by atoms with E-state index in [1.807, 2.05) is 25.1 Å². The van der Waals surface area contributed by atoms with Crippen LogP contribution in [0.3, 0.4) is 0 Å². The Bertz CT molecular complexity index is 757. The molecule has 1 amide bonds. The lowest BCUT2D eigenvalue weighted by Crippen LogP contribution is -2.25. The summed E-state index contributed by atoms with van der Waals surface area (Å²) < 4.78 is 11.2. The van der Waals surface area contributed by atoms with Gasteiger partial charge in [-0.1, -0.05) is 31.2 Å². The second-order valence-electron chi connectivity index (χ2n) is 7.53. The first-order valence-electron chi connectivity index (χ1n) is 10.3. The summed E-state index contributed by atoms with van der Waals surface area (Å²) in [7, 11) is 1.68. The molecule has 0 heterocycles. The highest BCUT2D eigenvalue weighted by atomic mass is 16.5. The van der Waals surface area contributed by atoms with Gasteiger partial charge in [-0.05, 0) is 72.9 Å². The van der Waals surface area contributed by atoms with Gasteiger partial charge in [0.2, 0.25) is 5.91 Å². The van der Waals surface area contributed by atoms with Crippen LogP contribution in [0.2, 0.25) is 0 Å². The Morgan fingerprint density at radius 3 is 2.71 bits per heavy atom. The van der Waals surface area contributed by atoms with E-state index >= 15 is 0 Å². The molecule has 2 aromatic rings. The minimum atomic E-state index is 0.169. The minimum absolute atomic E-state index is 0.169. The van der Waals surface area contributed by atoms with Crippen molar-refractivity contribution in [1.29, 1.82) is 0 Å². The first kappa shape index (κ1) is 20.2. The maximum atomic E-state index is 11.6. The second-order valence-corrected chi connectivity index (χ2v) is 7.53. The predicted molar refractivity (Wildman–Crippen MR) is 112 cm³/mol. The molecule has 3 rings (SSSR count). The monoisotopic (exact) mass is 381 g/mol. The molecule has 1 N–H and O–H groups in total. The zero-order chi connectivity index (χ0) is 19.8. The summed E-state index contributed by atoms with van der Waals surface area (Å²) in [5.41, 5.74) is 2.62. The molecule has 0 bridgehead atoms. The van der Waals surface area contributed by atoms with Crippen LogP contribution < -0.4 is 14.8 Å². The molecule has 1 fully saturated rings. The minimum Gasteiger partial charge on any atom is -0.497 e. The quantitative estimate of drug-likeness (QED) is 0.573. The van der Waals surface area contributed by atoms with Crippen molar-refractivity contribution in [1.82, 2.24) is 5.32 Å². The highest BCUT2D eigenvalue weighted by Crippen LogP contribution is 2.47. The van der Waals surface area contributed by atoms with E-state index < -0.39 is 0 Å². The zero-order valence-electron chi connectivity index (χ0n) is 16.9. The molecule has 0 spiro atoms. The molecule has 0 radical (unpaired) electrons. The third-order valence-electron chi connectivity index (χ3n) is 5.28. The van der Waals surface area contributed by atoms with E-state index in [0.29, 0.717) is 24.9 Å². The van der Waals surface area contributed by atoms with Crippen LogP contribution in [0, 0.1) is 5.92 Å². The molecule has 2 atom stereocenters. The maximum Gasteiger partial charge on any atom is 0.219 e. The van der Waals surface area contributed by atoms with Gasteiger partial charge in [-0.25, -0.2) is 0 Å². The number of aryl methyl sites for hydroxylation is 1. The number of rotatable bonds is 11. The van der Waals surface area contributed by atoms with Crippen molar-refractivity contribution < 1.29 is 14.3 Å². The van der Waals surface area contributed by atoms with E-state index in [1.165, 1.54) is 11.1 Å². The van der Waals surface area contributed by atoms with Crippen LogP contribution in [0.1, 0.15) is 49.7 Å². The summed E-state index contributed by atoms with van der Waals surface area (Å²) in [5, 5.41) is 3.05. The lowest BCUT2D eigenvalue weighted by Gasteiger charge is -2.09. The van der Waals surface area contributed by atoms with Gasteiger partial charge in [0, 0.05) is 13.0 Å². The van der Waals surface area contributed by atoms with Crippen molar-refractivity contribution in [2.24, 2.45) is 5.92 Å². The number of benzene rings is 2. The van der Waals surface area contributed by atoms with Crippen molar-refractivity contribution in [2.75, 3.05) is 20.3 Å². The molecule has 1 aliphatic carbocycles. The predicted octanol–water partition coefficient (Wildman–Crippen LogP) is 4.73. The molecular weight excluding hydrogens is 350 g/mol. The Morgan fingerprint density at radius 2 is 1.96 bits per heavy atom. The van der Waals surface area contributed by atoms with E-state index in [4.69, 9.17) is 9.47 Å². The summed E-state index contributed by atoms with van der Waals surface area (Å²) in [4.78, 5) is 11.6. The molecule has 2 aromatic carbocycles. The fourth-order valence-electron chi connectivity index (χ4n) is 3.54. The van der Waals surface area contributed by atoms with Crippen LogP contribution in [-0.4, -0.2) is 26.2 Å². The van der Waals surface area contributed by atoms with Crippen LogP contribution in [0.15, 0.2) is 48.5 Å². The maximum absolute atomic E-state index is 11.6. The number of hydrogen-bond acceptors (Lipinski definition) is 3. The topological polar surface area (TPSA) is 47.6 Å². The number of carbonyl (C=O) groups is 1. The Balaban J connectivity index is 1.39. The average Bonchev–Trinajstić information content (AvgIpc) is 3.50. The zero-order valence-corrected chi connectivity index (χ0v) is 16.9. The van der Waals surface area contributed by atoms with Gasteiger partial charge in [-0.15, -0.1) is 0 Å². The Hall–Kier alpha value is -2.49. The van der Waals surface area contributed by atoms with E-state index in [0.717, 1.165) is 43.7 Å². The van der Waals surface area contributed by atoms with Crippen LogP contribution in [-0.2, 0) is 11.2 Å². The summed E-state index contributed by atoms with van der Waals surface area (Å²) in [5.74, 6) is 3.10. The first-order chi connectivity index (χ1) is 13.7. The largest absolute Gasteiger partial charge is 0.497 e. The fraction of sp³-hybridized carbons (Fsp3) is 0.458. The standard InChI is InChI=1S/C24H31NO3/c1-3-6-24(26)25-17-20-16-23(20)19-8-4-9-22(15-19)28-14-5-7-18-10-12-21(27-2)13-11-18/h4,8-13,15,20,23H,3,5-7,14,16-17H2,1-2H3,(H,25,26). The average molecular weight is 382 g/mol. The molecule has 1 aliphatic rings. The fourth-order valence-corrected chi connectivity index (χ4v) is 3.54. The molecule has 0 aromatic heterocycles. The summed E-state index contributed by atoms with van der Waals surface area (Å²) >= 11 is 0. The van der Waals surface area contributed by atoms with Gasteiger partial charge in [0.25, 0.3) is 0 Å². The van der Waals surface area contributed by atoms with Crippen molar-refractivity contribution in [2.45, 2.75) is 44.9 Å². The Labute approximate surface area is 168 Å². The molecular formula is C24H31NO3. The second kappa shape index (κ2) is 10.2. The summed E-state index contributed by atoms with van der Waals surface area (Å²) in [6.45, 7) is 3.52. The van der Waals surface area contributed by atoms with Gasteiger partial charge in [-0.2, -0.15) is 0 Å². The molecule has 28 heavy (non-hydrogen) atoms. The van der Waals surface area contributed by atoms with Gasteiger partial charge in [0.15, 0.2) is 0 Å². The third kappa shape index (κ3) is 6.01. The Morgan fingerprint density at radius 1 is 1.14 bits per heavy atom. The lowest BCUT2D eigenvalue weighted by molar-refractivity contribution is -0.121. The lowest BCUT2D eigenvalue weighted by atomic mass is 10.1. The van der Waals surface area contributed by atoms with Crippen LogP contribution >= 0.6 is 0 Å². The molecule has 150 valence electrons. The van der Waals surface area contributed by atoms with Gasteiger partial charge < -0.3 is 14.8 Å². The van der Waals surface area contributed by atoms with Gasteiger partial charge in [-0.3, -0.25) is 4.79 Å². The van der Waals surface area contributed by atoms with Gasteiger partial charge >= 0.3 is 0 Å². The van der Waals surface area contributed by atoms with Crippen molar-refractivity contribution in [3.8, 4) is 11.5 Å². The first-order valence-corrected chi connectivity index (χ1v) is 10.3. The Kier molecular flexibility index (Phi) is 7.35. The van der Waals surface area contributed by atoms with Crippen LogP contribution in [0.5, 0.6) is 11.5 Å². The van der Waals surface area contributed by atoms with Crippen LogP contribution in [0.4, 0.5) is 0 Å². The van der Waals surface area contributed by atoms with E-state index in [2.05, 4.69) is 35.6 Å². The third-order valence-corrected chi connectivity index (χ3v) is 5.28. The highest BCUT2D eigenvalue weighted by molar-refractivity contribution is 5.75. The SMILES string of the molecule is CCCC(=O)NCC1CC1c1cccc(OCCCc2ccc(OC)cc2)c1. The molecule has 1 saturated carbocycles. The van der Waals surface area contributed by atoms with Crippen molar-refractivity contribution in [3.05, 3.63) is 59.7 Å². The smallest absolute Gasteiger partial charge is 0.219 e. The van der Waals surface area contributed by atoms with E-state index in [1.54, 1.807) is 7.11 Å². The molecule has 4 heteroatoms. The number of carbonyl (C=O) groups excluding carboxylic acids is 1. The highest BCUT2D eigenvalue weighted by Gasteiger charge is 2.38. The number of hydrogen-bond donors (Lipinski definition) is 1. The van der Waals surface area contributed by atoms with Gasteiger partial charge in [0.1, 0.15) is 11.5 Å². The summed E-state index contributed by atoms with van der Waals surface area (Å²) in [6.07, 6.45) is 4.64. The number of nitrogens with one attached hydrogen (secondary N) is 1. The molecule has 4 nitrogen and oxygen atoms in total. The van der Waals surface area contributed by atoms with Gasteiger partial charge in [0.05, 0.1) is 13.7 Å². The number of methoxy groups -OCH3 is 1. The molecule has 0 aliphatic heterocycles. The summed E-state index contributed by atoms with van der Waals surface area (Å²) in [6, 6.07) is 16.6. The van der Waals surface area contributed by atoms with Crippen molar-refractivity contribution >= 4 is 5.91 Å². The molecule has 2 unspecified atom stereocenters. The number of ether oxygens (including phenoxy) is 2.